The Morgan fingerprint density at radius 2 is 1.49 bits per heavy atom. The van der Waals surface area contributed by atoms with Gasteiger partial charge in [0.15, 0.2) is 0 Å². The molecule has 0 bridgehead atoms. The average Bonchev–Trinajstić information content (AvgIpc) is 3.02. The number of sulfonamides is 1. The van der Waals surface area contributed by atoms with Crippen LogP contribution in [0.5, 0.6) is 5.75 Å². The van der Waals surface area contributed by atoms with Crippen LogP contribution in [-0.4, -0.2) is 51.4 Å². The number of halogens is 1. The van der Waals surface area contributed by atoms with Crippen molar-refractivity contribution in [3.05, 3.63) is 126 Å². The fourth-order valence-electron chi connectivity index (χ4n) is 4.67. The van der Waals surface area contributed by atoms with Gasteiger partial charge >= 0.3 is 0 Å². The van der Waals surface area contributed by atoms with Gasteiger partial charge in [0.2, 0.25) is 11.8 Å². The molecule has 0 saturated heterocycles. The SMILES string of the molecule is CCNC(=O)C(Cc1ccccc1)N(Cc1cccc(OC)c1)C(=O)CN(c1ccccc1)S(=O)(=O)c1ccc(F)cc1. The summed E-state index contributed by atoms with van der Waals surface area (Å²) in [6.07, 6.45) is 0.207. The molecular weight excluding hydrogens is 569 g/mol. The van der Waals surface area contributed by atoms with Crippen molar-refractivity contribution in [2.75, 3.05) is 24.5 Å². The van der Waals surface area contributed by atoms with E-state index in [0.29, 0.717) is 17.9 Å². The number of hydrogen-bond acceptors (Lipinski definition) is 5. The Bertz CT molecular complexity index is 1620. The van der Waals surface area contributed by atoms with E-state index in [-0.39, 0.29) is 29.5 Å². The van der Waals surface area contributed by atoms with Crippen molar-refractivity contribution in [2.24, 2.45) is 0 Å². The molecule has 0 spiro atoms. The summed E-state index contributed by atoms with van der Waals surface area (Å²) in [5.74, 6) is -0.969. The van der Waals surface area contributed by atoms with E-state index in [4.69, 9.17) is 4.74 Å². The maximum Gasteiger partial charge on any atom is 0.264 e. The molecule has 0 aromatic heterocycles. The number of nitrogens with zero attached hydrogens (tertiary/aromatic N) is 2. The van der Waals surface area contributed by atoms with Crippen LogP contribution in [0.15, 0.2) is 114 Å². The Kier molecular flexibility index (Phi) is 10.5. The zero-order chi connectivity index (χ0) is 30.8. The second-order valence-corrected chi connectivity index (χ2v) is 11.6. The van der Waals surface area contributed by atoms with Crippen molar-refractivity contribution in [2.45, 2.75) is 30.8 Å². The lowest BCUT2D eigenvalue weighted by atomic mass is 10.0. The number of anilines is 1. The van der Waals surface area contributed by atoms with E-state index in [9.17, 15) is 22.4 Å². The summed E-state index contributed by atoms with van der Waals surface area (Å²) in [7, 11) is -2.76. The van der Waals surface area contributed by atoms with Gasteiger partial charge in [-0.15, -0.1) is 0 Å². The third-order valence-corrected chi connectivity index (χ3v) is 8.62. The average molecular weight is 604 g/mol. The molecule has 1 atom stereocenters. The molecule has 0 heterocycles. The molecule has 0 aliphatic carbocycles. The highest BCUT2D eigenvalue weighted by Crippen LogP contribution is 2.25. The van der Waals surface area contributed by atoms with Gasteiger partial charge in [0.1, 0.15) is 24.2 Å². The van der Waals surface area contributed by atoms with Gasteiger partial charge in [-0.05, 0) is 66.6 Å². The minimum atomic E-state index is -4.30. The number of rotatable bonds is 13. The summed E-state index contributed by atoms with van der Waals surface area (Å²) < 4.78 is 47.8. The van der Waals surface area contributed by atoms with E-state index < -0.39 is 34.3 Å². The molecule has 224 valence electrons. The van der Waals surface area contributed by atoms with Gasteiger partial charge in [-0.2, -0.15) is 0 Å². The van der Waals surface area contributed by atoms with Crippen LogP contribution in [0, 0.1) is 5.82 Å². The van der Waals surface area contributed by atoms with Crippen molar-refractivity contribution >= 4 is 27.5 Å². The Hall–Kier alpha value is -4.70. The van der Waals surface area contributed by atoms with Crippen LogP contribution in [0.4, 0.5) is 10.1 Å². The number of methoxy groups -OCH3 is 1. The second kappa shape index (κ2) is 14.5. The van der Waals surface area contributed by atoms with E-state index in [0.717, 1.165) is 34.1 Å². The molecule has 1 N–H and O–H groups in total. The fraction of sp³-hybridized carbons (Fsp3) is 0.212. The van der Waals surface area contributed by atoms with Gasteiger partial charge in [0, 0.05) is 19.5 Å². The molecule has 4 aromatic rings. The molecule has 0 radical (unpaired) electrons. The minimum Gasteiger partial charge on any atom is -0.497 e. The highest BCUT2D eigenvalue weighted by atomic mass is 32.2. The summed E-state index contributed by atoms with van der Waals surface area (Å²) in [5.41, 5.74) is 1.78. The zero-order valence-corrected chi connectivity index (χ0v) is 24.8. The molecule has 10 heteroatoms. The molecule has 0 fully saturated rings. The van der Waals surface area contributed by atoms with E-state index in [1.165, 1.54) is 12.0 Å². The largest absolute Gasteiger partial charge is 0.497 e. The zero-order valence-electron chi connectivity index (χ0n) is 24.0. The van der Waals surface area contributed by atoms with E-state index in [2.05, 4.69) is 5.32 Å². The molecule has 4 aromatic carbocycles. The first-order valence-electron chi connectivity index (χ1n) is 13.8. The van der Waals surface area contributed by atoms with Crippen molar-refractivity contribution < 1.29 is 27.1 Å². The first kappa shape index (κ1) is 31.2. The lowest BCUT2D eigenvalue weighted by Gasteiger charge is -2.33. The van der Waals surface area contributed by atoms with Gasteiger partial charge in [0.05, 0.1) is 17.7 Å². The van der Waals surface area contributed by atoms with Crippen molar-refractivity contribution in [3.63, 3.8) is 0 Å². The van der Waals surface area contributed by atoms with Crippen LogP contribution < -0.4 is 14.4 Å². The molecule has 4 rings (SSSR count). The van der Waals surface area contributed by atoms with E-state index >= 15 is 0 Å². The Morgan fingerprint density at radius 1 is 0.860 bits per heavy atom. The quantitative estimate of drug-likeness (QED) is 0.237. The van der Waals surface area contributed by atoms with Crippen LogP contribution in [0.1, 0.15) is 18.1 Å². The maximum atomic E-state index is 14.3. The highest BCUT2D eigenvalue weighted by molar-refractivity contribution is 7.92. The number of nitrogens with one attached hydrogen (secondary N) is 1. The molecular formula is C33H34FN3O5S. The van der Waals surface area contributed by atoms with Gasteiger partial charge in [-0.3, -0.25) is 13.9 Å². The third kappa shape index (κ3) is 7.98. The Labute approximate surface area is 251 Å². The molecule has 43 heavy (non-hydrogen) atoms. The number of carbonyl (C=O) groups is 2. The predicted molar refractivity (Wildman–Crippen MR) is 164 cm³/mol. The summed E-state index contributed by atoms with van der Waals surface area (Å²) in [5, 5.41) is 2.83. The third-order valence-electron chi connectivity index (χ3n) is 6.83. The number of para-hydroxylation sites is 1. The monoisotopic (exact) mass is 603 g/mol. The first-order valence-corrected chi connectivity index (χ1v) is 15.2. The van der Waals surface area contributed by atoms with Crippen LogP contribution in [-0.2, 0) is 32.6 Å². The number of ether oxygens (including phenoxy) is 1. The molecule has 2 amide bonds. The summed E-state index contributed by atoms with van der Waals surface area (Å²) >= 11 is 0. The van der Waals surface area contributed by atoms with Gasteiger partial charge < -0.3 is 15.0 Å². The van der Waals surface area contributed by atoms with Gasteiger partial charge in [-0.1, -0.05) is 60.7 Å². The summed E-state index contributed by atoms with van der Waals surface area (Å²) in [6, 6.07) is 28.1. The molecule has 8 nitrogen and oxygen atoms in total. The lowest BCUT2D eigenvalue weighted by Crippen LogP contribution is -2.53. The van der Waals surface area contributed by atoms with E-state index in [1.807, 2.05) is 36.4 Å². The maximum absolute atomic E-state index is 14.3. The Morgan fingerprint density at radius 3 is 2.12 bits per heavy atom. The van der Waals surface area contributed by atoms with Gasteiger partial charge in [-0.25, -0.2) is 12.8 Å². The summed E-state index contributed by atoms with van der Waals surface area (Å²) in [6.45, 7) is 1.56. The van der Waals surface area contributed by atoms with Crippen molar-refractivity contribution in [1.82, 2.24) is 10.2 Å². The van der Waals surface area contributed by atoms with Crippen LogP contribution in [0.25, 0.3) is 0 Å². The topological polar surface area (TPSA) is 96.0 Å². The minimum absolute atomic E-state index is 0.0178. The molecule has 1 unspecified atom stereocenters. The molecule has 0 aliphatic rings. The van der Waals surface area contributed by atoms with Crippen molar-refractivity contribution in [3.8, 4) is 5.75 Å². The standard InChI is InChI=1S/C33H34FN3O5S/c1-3-35-33(39)31(22-25-11-6-4-7-12-25)36(23-26-13-10-16-29(21-26)42-2)32(38)24-37(28-14-8-5-9-15-28)43(40,41)30-19-17-27(34)18-20-30/h4-21,31H,3,22-24H2,1-2H3,(H,35,39). The lowest BCUT2D eigenvalue weighted by molar-refractivity contribution is -0.140. The number of likely N-dealkylation sites (N-methyl/N-ethyl adjacent to an activating group) is 1. The fourth-order valence-corrected chi connectivity index (χ4v) is 6.08. The molecule has 0 aliphatic heterocycles. The van der Waals surface area contributed by atoms with Crippen LogP contribution >= 0.6 is 0 Å². The first-order chi connectivity index (χ1) is 20.7. The number of carbonyl (C=O) groups excluding carboxylic acids is 2. The normalized spacial score (nSPS) is 11.8. The van der Waals surface area contributed by atoms with Crippen LogP contribution in [0.2, 0.25) is 0 Å². The van der Waals surface area contributed by atoms with E-state index in [1.54, 1.807) is 55.5 Å². The van der Waals surface area contributed by atoms with Gasteiger partial charge in [0.25, 0.3) is 10.0 Å². The second-order valence-electron chi connectivity index (χ2n) is 9.77. The number of amides is 2. The Balaban J connectivity index is 1.78. The smallest absolute Gasteiger partial charge is 0.264 e. The molecule has 0 saturated carbocycles. The number of hydrogen-bond donors (Lipinski definition) is 1. The summed E-state index contributed by atoms with van der Waals surface area (Å²) in [4.78, 5) is 29.1. The van der Waals surface area contributed by atoms with Crippen LogP contribution in [0.3, 0.4) is 0 Å². The predicted octanol–water partition coefficient (Wildman–Crippen LogP) is 4.81. The van der Waals surface area contributed by atoms with Crippen molar-refractivity contribution in [1.29, 1.82) is 0 Å². The number of benzene rings is 4. The highest BCUT2D eigenvalue weighted by Gasteiger charge is 2.34.